The molecule has 0 aliphatic rings. The maximum Gasteiger partial charge on any atom is 0.245 e. The van der Waals surface area contributed by atoms with E-state index in [4.69, 9.17) is 4.52 Å². The fourth-order valence-corrected chi connectivity index (χ4v) is 2.99. The van der Waals surface area contributed by atoms with Crippen LogP contribution in [0.25, 0.3) is 0 Å². The molecule has 96 valence electrons. The Morgan fingerprint density at radius 3 is 2.39 bits per heavy atom. The zero-order chi connectivity index (χ0) is 13.3. The molecule has 5 nitrogen and oxygen atoms in total. The molecular weight excluding hydrogens is 320 g/mol. The fourth-order valence-electron chi connectivity index (χ4n) is 1.44. The number of rotatable bonds is 3. The van der Waals surface area contributed by atoms with Crippen LogP contribution in [-0.2, 0) is 9.84 Å². The van der Waals surface area contributed by atoms with E-state index in [9.17, 15) is 8.42 Å². The Morgan fingerprint density at radius 2 is 1.89 bits per heavy atom. The highest BCUT2D eigenvalue weighted by atomic mass is 79.9. The minimum Gasteiger partial charge on any atom is -0.338 e. The van der Waals surface area contributed by atoms with Gasteiger partial charge in [-0.15, -0.1) is 0 Å². The van der Waals surface area contributed by atoms with Gasteiger partial charge in [-0.05, 0) is 38.1 Å². The second kappa shape index (κ2) is 4.81. The first-order valence-corrected chi connectivity index (χ1v) is 7.55. The molecule has 0 fully saturated rings. The van der Waals surface area contributed by atoms with E-state index >= 15 is 0 Å². The maximum absolute atomic E-state index is 12.3. The van der Waals surface area contributed by atoms with Crippen molar-refractivity contribution >= 4 is 25.8 Å². The molecule has 0 bridgehead atoms. The second-order valence-electron chi connectivity index (χ2n) is 3.82. The lowest BCUT2D eigenvalue weighted by Crippen LogP contribution is -2.11. The molecule has 1 unspecified atom stereocenters. The van der Waals surface area contributed by atoms with Crippen molar-refractivity contribution in [1.29, 1.82) is 0 Å². The summed E-state index contributed by atoms with van der Waals surface area (Å²) in [6, 6.07) is 6.44. The van der Waals surface area contributed by atoms with Crippen molar-refractivity contribution in [2.45, 2.75) is 24.0 Å². The summed E-state index contributed by atoms with van der Waals surface area (Å²) < 4.78 is 30.4. The van der Waals surface area contributed by atoms with Crippen LogP contribution in [0.1, 0.15) is 23.9 Å². The van der Waals surface area contributed by atoms with E-state index in [2.05, 4.69) is 26.1 Å². The van der Waals surface area contributed by atoms with Crippen LogP contribution in [0.15, 0.2) is 38.2 Å². The van der Waals surface area contributed by atoms with Crippen LogP contribution in [0.2, 0.25) is 0 Å². The van der Waals surface area contributed by atoms with Crippen molar-refractivity contribution in [2.24, 2.45) is 0 Å². The molecule has 2 rings (SSSR count). The molecule has 1 aromatic heterocycles. The summed E-state index contributed by atoms with van der Waals surface area (Å²) in [6.07, 6.45) is 0. The molecule has 0 saturated heterocycles. The SMILES string of the molecule is Cc1noc(C(C)S(=O)(=O)c2ccc(Br)cc2)n1. The fraction of sp³-hybridized carbons (Fsp3) is 0.273. The van der Waals surface area contributed by atoms with Crippen LogP contribution in [0.4, 0.5) is 0 Å². The molecule has 0 spiro atoms. The summed E-state index contributed by atoms with van der Waals surface area (Å²) >= 11 is 3.26. The van der Waals surface area contributed by atoms with Crippen LogP contribution >= 0.6 is 15.9 Å². The number of halogens is 1. The lowest BCUT2D eigenvalue weighted by Gasteiger charge is -2.08. The molecule has 0 radical (unpaired) electrons. The van der Waals surface area contributed by atoms with Gasteiger partial charge in [-0.1, -0.05) is 21.1 Å². The quantitative estimate of drug-likeness (QED) is 0.864. The first kappa shape index (κ1) is 13.2. The van der Waals surface area contributed by atoms with E-state index < -0.39 is 15.1 Å². The number of nitrogens with zero attached hydrogens (tertiary/aromatic N) is 2. The minimum absolute atomic E-state index is 0.107. The monoisotopic (exact) mass is 330 g/mol. The summed E-state index contributed by atoms with van der Waals surface area (Å²) in [6.45, 7) is 3.18. The molecule has 7 heteroatoms. The van der Waals surface area contributed by atoms with Crippen LogP contribution < -0.4 is 0 Å². The molecule has 0 aliphatic heterocycles. The van der Waals surface area contributed by atoms with Crippen LogP contribution in [0, 0.1) is 6.92 Å². The molecule has 0 amide bonds. The second-order valence-corrected chi connectivity index (χ2v) is 7.01. The Bertz CT molecular complexity index is 649. The van der Waals surface area contributed by atoms with E-state index in [0.717, 1.165) is 4.47 Å². The smallest absolute Gasteiger partial charge is 0.245 e. The molecule has 1 heterocycles. The Morgan fingerprint density at radius 1 is 1.28 bits per heavy atom. The zero-order valence-corrected chi connectivity index (χ0v) is 12.2. The van der Waals surface area contributed by atoms with Crippen molar-refractivity contribution in [3.8, 4) is 0 Å². The zero-order valence-electron chi connectivity index (χ0n) is 9.79. The Hall–Kier alpha value is -1.21. The van der Waals surface area contributed by atoms with E-state index in [1.807, 2.05) is 0 Å². The van der Waals surface area contributed by atoms with Gasteiger partial charge in [0.1, 0.15) is 5.25 Å². The number of aryl methyl sites for hydroxylation is 1. The summed E-state index contributed by atoms with van der Waals surface area (Å²) in [5.74, 6) is 0.526. The largest absolute Gasteiger partial charge is 0.338 e. The van der Waals surface area contributed by atoms with Gasteiger partial charge in [0.15, 0.2) is 15.7 Å². The third kappa shape index (κ3) is 2.46. The van der Waals surface area contributed by atoms with Gasteiger partial charge in [0.05, 0.1) is 4.90 Å². The highest BCUT2D eigenvalue weighted by molar-refractivity contribution is 9.10. The van der Waals surface area contributed by atoms with Crippen LogP contribution in [0.5, 0.6) is 0 Å². The van der Waals surface area contributed by atoms with Gasteiger partial charge in [0.25, 0.3) is 0 Å². The van der Waals surface area contributed by atoms with E-state index in [-0.39, 0.29) is 10.8 Å². The molecule has 0 N–H and O–H groups in total. The third-order valence-corrected chi connectivity index (χ3v) is 5.09. The highest BCUT2D eigenvalue weighted by Gasteiger charge is 2.29. The average molecular weight is 331 g/mol. The van der Waals surface area contributed by atoms with Crippen molar-refractivity contribution in [3.05, 3.63) is 40.5 Å². The minimum atomic E-state index is -3.51. The molecule has 18 heavy (non-hydrogen) atoms. The number of aromatic nitrogens is 2. The average Bonchev–Trinajstić information content (AvgIpc) is 2.75. The molecular formula is C11H11BrN2O3S. The van der Waals surface area contributed by atoms with Crippen molar-refractivity contribution in [2.75, 3.05) is 0 Å². The van der Waals surface area contributed by atoms with Crippen molar-refractivity contribution < 1.29 is 12.9 Å². The predicted molar refractivity (Wildman–Crippen MR) is 68.8 cm³/mol. The Balaban J connectivity index is 2.39. The van der Waals surface area contributed by atoms with Crippen LogP contribution in [-0.4, -0.2) is 18.6 Å². The lowest BCUT2D eigenvalue weighted by molar-refractivity contribution is 0.373. The Kier molecular flexibility index (Phi) is 3.54. The summed E-state index contributed by atoms with van der Waals surface area (Å²) in [5.41, 5.74) is 0. The van der Waals surface area contributed by atoms with Gasteiger partial charge < -0.3 is 4.52 Å². The highest BCUT2D eigenvalue weighted by Crippen LogP contribution is 2.28. The number of sulfone groups is 1. The van der Waals surface area contributed by atoms with E-state index in [1.165, 1.54) is 6.92 Å². The van der Waals surface area contributed by atoms with E-state index in [1.54, 1.807) is 31.2 Å². The molecule has 2 aromatic rings. The first-order chi connectivity index (χ1) is 8.41. The predicted octanol–water partition coefficient (Wildman–Crippen LogP) is 2.68. The molecule has 0 saturated carbocycles. The number of hydrogen-bond acceptors (Lipinski definition) is 5. The van der Waals surface area contributed by atoms with E-state index in [0.29, 0.717) is 5.82 Å². The number of benzene rings is 1. The number of hydrogen-bond donors (Lipinski definition) is 0. The van der Waals surface area contributed by atoms with Crippen molar-refractivity contribution in [3.63, 3.8) is 0 Å². The van der Waals surface area contributed by atoms with Gasteiger partial charge in [0, 0.05) is 4.47 Å². The first-order valence-electron chi connectivity index (χ1n) is 5.21. The summed E-state index contributed by atoms with van der Waals surface area (Å²) in [7, 11) is -3.51. The molecule has 1 atom stereocenters. The molecule has 0 aliphatic carbocycles. The maximum atomic E-state index is 12.3. The van der Waals surface area contributed by atoms with Gasteiger partial charge in [0.2, 0.25) is 5.89 Å². The molecule has 1 aromatic carbocycles. The third-order valence-electron chi connectivity index (χ3n) is 2.50. The van der Waals surface area contributed by atoms with Crippen LogP contribution in [0.3, 0.4) is 0 Å². The topological polar surface area (TPSA) is 73.1 Å². The van der Waals surface area contributed by atoms with Gasteiger partial charge >= 0.3 is 0 Å². The van der Waals surface area contributed by atoms with Gasteiger partial charge in [-0.3, -0.25) is 0 Å². The summed E-state index contributed by atoms with van der Waals surface area (Å²) in [5, 5.41) is 2.74. The lowest BCUT2D eigenvalue weighted by atomic mass is 10.4. The van der Waals surface area contributed by atoms with Crippen molar-refractivity contribution in [1.82, 2.24) is 10.1 Å². The normalized spacial score (nSPS) is 13.5. The summed E-state index contributed by atoms with van der Waals surface area (Å²) in [4.78, 5) is 4.18. The van der Waals surface area contributed by atoms with Gasteiger partial charge in [-0.2, -0.15) is 4.98 Å². The Labute approximate surface area is 113 Å². The standard InChI is InChI=1S/C11H11BrN2O3S/c1-7(11-13-8(2)14-17-11)18(15,16)10-5-3-9(12)4-6-10/h3-7H,1-2H3. The van der Waals surface area contributed by atoms with Gasteiger partial charge in [-0.25, -0.2) is 8.42 Å².